The molecule has 0 heterocycles. The first-order valence-corrected chi connectivity index (χ1v) is 7.51. The fourth-order valence-corrected chi connectivity index (χ4v) is 3.00. The summed E-state index contributed by atoms with van der Waals surface area (Å²) in [7, 11) is 1.70. The van der Waals surface area contributed by atoms with Gasteiger partial charge in [0, 0.05) is 22.3 Å². The summed E-state index contributed by atoms with van der Waals surface area (Å²) in [6.45, 7) is 1.53. The van der Waals surface area contributed by atoms with Crippen LogP contribution in [0, 0.1) is 24.4 Å². The van der Waals surface area contributed by atoms with Crippen LogP contribution in [0.4, 0.5) is 13.2 Å². The molecule has 0 radical (unpaired) electrons. The topological polar surface area (TPSA) is 12.0 Å². The van der Waals surface area contributed by atoms with Crippen LogP contribution >= 0.6 is 11.8 Å². The number of rotatable bonds is 5. The van der Waals surface area contributed by atoms with Crippen molar-refractivity contribution in [1.82, 2.24) is 5.32 Å². The average Bonchev–Trinajstić information content (AvgIpc) is 2.49. The van der Waals surface area contributed by atoms with Crippen molar-refractivity contribution in [3.8, 4) is 0 Å². The van der Waals surface area contributed by atoms with Gasteiger partial charge in [-0.2, -0.15) is 0 Å². The van der Waals surface area contributed by atoms with E-state index in [1.807, 2.05) is 0 Å². The lowest BCUT2D eigenvalue weighted by atomic mass is 10.1. The molecular weight excluding hydrogens is 295 g/mol. The van der Waals surface area contributed by atoms with Gasteiger partial charge in [0.25, 0.3) is 0 Å². The predicted octanol–water partition coefficient (Wildman–Crippen LogP) is 4.47. The highest BCUT2D eigenvalue weighted by Crippen LogP contribution is 2.27. The summed E-state index contributed by atoms with van der Waals surface area (Å²) in [5.41, 5.74) is 0.590. The van der Waals surface area contributed by atoms with Gasteiger partial charge in [-0.25, -0.2) is 13.2 Å². The van der Waals surface area contributed by atoms with Crippen molar-refractivity contribution >= 4 is 11.8 Å². The highest BCUT2D eigenvalue weighted by atomic mass is 32.2. The maximum absolute atomic E-state index is 14.0. The lowest BCUT2D eigenvalue weighted by Gasteiger charge is -2.18. The van der Waals surface area contributed by atoms with E-state index in [0.717, 1.165) is 4.90 Å². The van der Waals surface area contributed by atoms with Crippen molar-refractivity contribution in [2.75, 3.05) is 12.8 Å². The Morgan fingerprint density at radius 1 is 1.00 bits per heavy atom. The largest absolute Gasteiger partial charge is 0.312 e. The Hall–Kier alpha value is -1.46. The van der Waals surface area contributed by atoms with E-state index in [-0.39, 0.29) is 17.4 Å². The summed E-state index contributed by atoms with van der Waals surface area (Å²) in [6, 6.07) is 8.93. The molecule has 0 bridgehead atoms. The van der Waals surface area contributed by atoms with E-state index in [1.54, 1.807) is 31.3 Å². The van der Waals surface area contributed by atoms with Gasteiger partial charge in [-0.1, -0.05) is 12.1 Å². The van der Waals surface area contributed by atoms with Crippen LogP contribution in [0.25, 0.3) is 0 Å². The summed E-state index contributed by atoms with van der Waals surface area (Å²) >= 11 is 1.46. The maximum Gasteiger partial charge on any atom is 0.163 e. The quantitative estimate of drug-likeness (QED) is 0.818. The highest BCUT2D eigenvalue weighted by molar-refractivity contribution is 7.99. The van der Waals surface area contributed by atoms with Gasteiger partial charge in [-0.05, 0) is 43.8 Å². The molecule has 5 heteroatoms. The highest BCUT2D eigenvalue weighted by Gasteiger charge is 2.18. The van der Waals surface area contributed by atoms with Crippen LogP contribution in [0.1, 0.15) is 17.2 Å². The summed E-state index contributed by atoms with van der Waals surface area (Å²) in [5.74, 6) is -1.40. The van der Waals surface area contributed by atoms with E-state index in [4.69, 9.17) is 0 Å². The van der Waals surface area contributed by atoms with Crippen molar-refractivity contribution in [3.05, 3.63) is 65.0 Å². The average molecular weight is 311 g/mol. The zero-order valence-electron chi connectivity index (χ0n) is 11.8. The molecule has 1 N–H and O–H groups in total. The molecule has 1 unspecified atom stereocenters. The van der Waals surface area contributed by atoms with E-state index >= 15 is 0 Å². The number of benzene rings is 2. The second-order valence-electron chi connectivity index (χ2n) is 4.71. The van der Waals surface area contributed by atoms with Crippen molar-refractivity contribution in [1.29, 1.82) is 0 Å². The Labute approximate surface area is 126 Å². The molecule has 1 nitrogen and oxygen atoms in total. The number of thioether (sulfide) groups is 1. The van der Waals surface area contributed by atoms with Gasteiger partial charge in [-0.15, -0.1) is 11.8 Å². The van der Waals surface area contributed by atoms with Crippen LogP contribution in [0.5, 0.6) is 0 Å². The van der Waals surface area contributed by atoms with Crippen molar-refractivity contribution < 1.29 is 13.2 Å². The molecule has 2 aromatic rings. The van der Waals surface area contributed by atoms with Gasteiger partial charge in [-0.3, -0.25) is 0 Å². The van der Waals surface area contributed by atoms with Gasteiger partial charge in [0.05, 0.1) is 0 Å². The lowest BCUT2D eigenvalue weighted by Crippen LogP contribution is -2.20. The van der Waals surface area contributed by atoms with Crippen molar-refractivity contribution in [2.45, 2.75) is 17.9 Å². The minimum Gasteiger partial charge on any atom is -0.312 e. The van der Waals surface area contributed by atoms with Crippen LogP contribution in [0.15, 0.2) is 41.3 Å². The number of aryl methyl sites for hydroxylation is 1. The molecule has 0 fully saturated rings. The molecule has 21 heavy (non-hydrogen) atoms. The van der Waals surface area contributed by atoms with Crippen LogP contribution in [0.3, 0.4) is 0 Å². The Kier molecular flexibility index (Phi) is 5.31. The molecule has 0 saturated heterocycles. The van der Waals surface area contributed by atoms with Crippen LogP contribution in [0.2, 0.25) is 0 Å². The van der Waals surface area contributed by atoms with E-state index < -0.39 is 11.6 Å². The molecule has 2 aromatic carbocycles. The molecule has 112 valence electrons. The van der Waals surface area contributed by atoms with E-state index in [0.29, 0.717) is 11.3 Å². The van der Waals surface area contributed by atoms with E-state index in [1.165, 1.54) is 30.8 Å². The molecule has 0 aliphatic heterocycles. The number of hydrogen-bond donors (Lipinski definition) is 1. The number of hydrogen-bond acceptors (Lipinski definition) is 2. The van der Waals surface area contributed by atoms with Crippen LogP contribution in [-0.4, -0.2) is 12.8 Å². The molecule has 0 amide bonds. The minimum absolute atomic E-state index is 0.289. The van der Waals surface area contributed by atoms with E-state index in [9.17, 15) is 13.2 Å². The first-order valence-electron chi connectivity index (χ1n) is 6.53. The molecular formula is C16H16F3NS. The molecule has 0 aromatic heterocycles. The molecule has 0 spiro atoms. The third-order valence-corrected chi connectivity index (χ3v) is 4.36. The predicted molar refractivity (Wildman–Crippen MR) is 80.0 cm³/mol. The third kappa shape index (κ3) is 3.80. The monoisotopic (exact) mass is 311 g/mol. The number of halogens is 3. The van der Waals surface area contributed by atoms with E-state index in [2.05, 4.69) is 5.32 Å². The lowest BCUT2D eigenvalue weighted by molar-refractivity contribution is 0.479. The smallest absolute Gasteiger partial charge is 0.163 e. The first kappa shape index (κ1) is 15.9. The SMILES string of the molecule is CNC(CSc1ccc(F)cc1)c1ccc(C)c(F)c1F. The number of nitrogens with one attached hydrogen (secondary N) is 1. The van der Waals surface area contributed by atoms with Crippen molar-refractivity contribution in [3.63, 3.8) is 0 Å². The second kappa shape index (κ2) is 7.00. The van der Waals surface area contributed by atoms with Gasteiger partial charge in [0.15, 0.2) is 11.6 Å². The van der Waals surface area contributed by atoms with Gasteiger partial charge in [0.2, 0.25) is 0 Å². The maximum atomic E-state index is 14.0. The Morgan fingerprint density at radius 3 is 2.29 bits per heavy atom. The molecule has 0 aliphatic rings. The molecule has 2 rings (SSSR count). The zero-order chi connectivity index (χ0) is 15.4. The molecule has 0 saturated carbocycles. The summed E-state index contributed by atoms with van der Waals surface area (Å²) in [5, 5.41) is 2.99. The fraction of sp³-hybridized carbons (Fsp3) is 0.250. The van der Waals surface area contributed by atoms with Crippen molar-refractivity contribution in [2.24, 2.45) is 0 Å². The van der Waals surface area contributed by atoms with Gasteiger partial charge < -0.3 is 5.32 Å². The zero-order valence-corrected chi connectivity index (χ0v) is 12.6. The summed E-state index contributed by atoms with van der Waals surface area (Å²) < 4.78 is 40.5. The molecule has 1 atom stereocenters. The summed E-state index contributed by atoms with van der Waals surface area (Å²) in [4.78, 5) is 0.879. The molecule has 0 aliphatic carbocycles. The summed E-state index contributed by atoms with van der Waals surface area (Å²) in [6.07, 6.45) is 0. The van der Waals surface area contributed by atoms with Crippen LogP contribution in [-0.2, 0) is 0 Å². The second-order valence-corrected chi connectivity index (χ2v) is 5.80. The fourth-order valence-electron chi connectivity index (χ4n) is 1.97. The van der Waals surface area contributed by atoms with Gasteiger partial charge in [0.1, 0.15) is 5.82 Å². The standard InChI is InChI=1S/C16H16F3NS/c1-10-3-8-13(16(19)15(10)18)14(20-2)9-21-12-6-4-11(17)5-7-12/h3-8,14,20H,9H2,1-2H3. The normalized spacial score (nSPS) is 12.4. The Balaban J connectivity index is 2.13. The van der Waals surface area contributed by atoms with Crippen LogP contribution < -0.4 is 5.32 Å². The first-order chi connectivity index (χ1) is 10.0. The third-order valence-electron chi connectivity index (χ3n) is 3.26. The Bertz CT molecular complexity index is 614. The minimum atomic E-state index is -0.811. The van der Waals surface area contributed by atoms with Gasteiger partial charge >= 0.3 is 0 Å². The Morgan fingerprint density at radius 2 is 1.67 bits per heavy atom.